The molecule has 2 saturated heterocycles. The van der Waals surface area contributed by atoms with Gasteiger partial charge in [-0.3, -0.25) is 4.90 Å². The highest BCUT2D eigenvalue weighted by molar-refractivity contribution is 5.83. The Balaban J connectivity index is 2.25. The van der Waals surface area contributed by atoms with E-state index in [1.807, 2.05) is 0 Å². The second-order valence-corrected chi connectivity index (χ2v) is 6.07. The third-order valence-corrected chi connectivity index (χ3v) is 3.51. The molecule has 4 atom stereocenters. The van der Waals surface area contributed by atoms with Gasteiger partial charge in [0.2, 0.25) is 0 Å². The van der Waals surface area contributed by atoms with Gasteiger partial charge in [-0.15, -0.1) is 0 Å². The first kappa shape index (κ1) is 15.0. The van der Waals surface area contributed by atoms with Crippen molar-refractivity contribution >= 4 is 12.1 Å². The summed E-state index contributed by atoms with van der Waals surface area (Å²) in [6.07, 6.45) is -2.21. The Morgan fingerprint density at radius 1 is 1.30 bits per heavy atom. The minimum Gasteiger partial charge on any atom is -0.467 e. The molecule has 20 heavy (non-hydrogen) atoms. The van der Waals surface area contributed by atoms with Crippen LogP contribution in [0.25, 0.3) is 0 Å². The maximum atomic E-state index is 14.4. The molecule has 7 heteroatoms. The predicted octanol–water partition coefficient (Wildman–Crippen LogP) is 1.13. The molecule has 6 nitrogen and oxygen atoms in total. The van der Waals surface area contributed by atoms with Crippen molar-refractivity contribution in [2.24, 2.45) is 5.92 Å². The number of carbonyl (C=O) groups is 2. The summed E-state index contributed by atoms with van der Waals surface area (Å²) < 4.78 is 29.5. The summed E-state index contributed by atoms with van der Waals surface area (Å²) in [6, 6.07) is -1.74. The first-order chi connectivity index (χ1) is 9.26. The lowest BCUT2D eigenvalue weighted by Gasteiger charge is -2.30. The molecule has 0 unspecified atom stereocenters. The molecule has 2 rings (SSSR count). The fraction of sp³-hybridized carbons (Fsp3) is 0.846. The van der Waals surface area contributed by atoms with Crippen LogP contribution in [0.5, 0.6) is 0 Å². The number of nitrogens with zero attached hydrogens (tertiary/aromatic N) is 1. The number of esters is 1. The summed E-state index contributed by atoms with van der Waals surface area (Å²) in [4.78, 5) is 25.2. The van der Waals surface area contributed by atoms with E-state index in [1.165, 1.54) is 7.11 Å². The molecule has 0 radical (unpaired) electrons. The molecule has 2 aliphatic rings. The van der Waals surface area contributed by atoms with E-state index in [0.717, 1.165) is 4.90 Å². The van der Waals surface area contributed by atoms with Crippen LogP contribution in [-0.2, 0) is 19.0 Å². The second kappa shape index (κ2) is 5.20. The van der Waals surface area contributed by atoms with Gasteiger partial charge in [0, 0.05) is 5.92 Å². The average Bonchev–Trinajstić information content (AvgIpc) is 2.88. The highest BCUT2D eigenvalue weighted by Crippen LogP contribution is 2.38. The smallest absolute Gasteiger partial charge is 0.411 e. The molecule has 0 aromatic carbocycles. The average molecular weight is 289 g/mol. The summed E-state index contributed by atoms with van der Waals surface area (Å²) in [5.74, 6) is -1.27. The third kappa shape index (κ3) is 2.59. The van der Waals surface area contributed by atoms with Gasteiger partial charge in [-0.05, 0) is 20.8 Å². The third-order valence-electron chi connectivity index (χ3n) is 3.51. The number of fused-ring (bicyclic) bond motifs is 1. The largest absolute Gasteiger partial charge is 0.467 e. The minimum atomic E-state index is -1.50. The van der Waals surface area contributed by atoms with Crippen LogP contribution >= 0.6 is 0 Å². The molecule has 0 spiro atoms. The van der Waals surface area contributed by atoms with Gasteiger partial charge in [-0.1, -0.05) is 0 Å². The van der Waals surface area contributed by atoms with E-state index >= 15 is 0 Å². The predicted molar refractivity (Wildman–Crippen MR) is 66.9 cm³/mol. The highest BCUT2D eigenvalue weighted by atomic mass is 19.1. The van der Waals surface area contributed by atoms with E-state index < -0.39 is 41.8 Å². The van der Waals surface area contributed by atoms with Gasteiger partial charge in [0.15, 0.2) is 6.04 Å². The summed E-state index contributed by atoms with van der Waals surface area (Å²) in [6.45, 7) is 5.54. The van der Waals surface area contributed by atoms with Gasteiger partial charge in [0.05, 0.1) is 26.4 Å². The van der Waals surface area contributed by atoms with Crippen LogP contribution in [-0.4, -0.2) is 61.1 Å². The van der Waals surface area contributed by atoms with Gasteiger partial charge in [-0.25, -0.2) is 14.0 Å². The number of alkyl halides is 1. The van der Waals surface area contributed by atoms with Crippen LogP contribution in [0.2, 0.25) is 0 Å². The molecule has 0 bridgehead atoms. The lowest BCUT2D eigenvalue weighted by atomic mass is 10.0. The fourth-order valence-electron chi connectivity index (χ4n) is 2.67. The highest BCUT2D eigenvalue weighted by Gasteiger charge is 2.58. The number of rotatable bonds is 1. The van der Waals surface area contributed by atoms with Crippen molar-refractivity contribution in [2.75, 3.05) is 20.3 Å². The van der Waals surface area contributed by atoms with Crippen molar-refractivity contribution in [3.05, 3.63) is 0 Å². The lowest BCUT2D eigenvalue weighted by Crippen LogP contribution is -2.50. The Bertz CT molecular complexity index is 408. The normalized spacial score (nSPS) is 33.0. The lowest BCUT2D eigenvalue weighted by molar-refractivity contribution is -0.148. The van der Waals surface area contributed by atoms with Gasteiger partial charge in [-0.2, -0.15) is 0 Å². The van der Waals surface area contributed by atoms with Crippen LogP contribution < -0.4 is 0 Å². The van der Waals surface area contributed by atoms with E-state index in [2.05, 4.69) is 4.74 Å². The second-order valence-electron chi connectivity index (χ2n) is 6.07. The molecule has 114 valence electrons. The van der Waals surface area contributed by atoms with Crippen LogP contribution in [0.4, 0.5) is 9.18 Å². The number of methoxy groups -OCH3 is 1. The molecule has 2 heterocycles. The standard InChI is InChI=1S/C13H20FNO5/c1-13(2,3)20-12(17)15-8-6-19-5-7(8)9(14)10(15)11(16)18-4/h7-10H,5-6H2,1-4H3/t7-,8+,9+,10-/m0/s1. The maximum absolute atomic E-state index is 14.4. The Morgan fingerprint density at radius 3 is 2.50 bits per heavy atom. The number of halogens is 1. The van der Waals surface area contributed by atoms with Crippen LogP contribution in [0.15, 0.2) is 0 Å². The molecular formula is C13H20FNO5. The molecule has 2 fully saturated rings. The van der Waals surface area contributed by atoms with Crippen molar-refractivity contribution in [3.8, 4) is 0 Å². The summed E-state index contributed by atoms with van der Waals surface area (Å²) in [5, 5.41) is 0. The van der Waals surface area contributed by atoms with Crippen molar-refractivity contribution in [3.63, 3.8) is 0 Å². The van der Waals surface area contributed by atoms with Crippen molar-refractivity contribution in [1.29, 1.82) is 0 Å². The molecular weight excluding hydrogens is 269 g/mol. The van der Waals surface area contributed by atoms with Gasteiger partial charge >= 0.3 is 12.1 Å². The number of hydrogen-bond donors (Lipinski definition) is 0. The van der Waals surface area contributed by atoms with Crippen molar-refractivity contribution in [1.82, 2.24) is 4.90 Å². The number of likely N-dealkylation sites (tertiary alicyclic amines) is 1. The Kier molecular flexibility index (Phi) is 3.90. The molecule has 0 aliphatic carbocycles. The van der Waals surface area contributed by atoms with Crippen molar-refractivity contribution in [2.45, 2.75) is 44.6 Å². The number of carbonyl (C=O) groups excluding carboxylic acids is 2. The Morgan fingerprint density at radius 2 is 1.95 bits per heavy atom. The Hall–Kier alpha value is -1.37. The SMILES string of the molecule is COC(=O)[C@@H]1[C@H](F)[C@H]2COC[C@H]2N1C(=O)OC(C)(C)C. The molecule has 2 aliphatic heterocycles. The first-order valence-electron chi connectivity index (χ1n) is 6.57. The first-order valence-corrected chi connectivity index (χ1v) is 6.57. The molecule has 1 amide bonds. The zero-order valence-electron chi connectivity index (χ0n) is 12.1. The van der Waals surface area contributed by atoms with E-state index in [0.29, 0.717) is 0 Å². The van der Waals surface area contributed by atoms with Crippen molar-refractivity contribution < 1.29 is 28.2 Å². The van der Waals surface area contributed by atoms with E-state index in [4.69, 9.17) is 9.47 Å². The molecule has 0 saturated carbocycles. The monoisotopic (exact) mass is 289 g/mol. The van der Waals surface area contributed by atoms with Gasteiger partial charge < -0.3 is 14.2 Å². The van der Waals surface area contributed by atoms with Crippen LogP contribution in [0, 0.1) is 5.92 Å². The molecule has 0 aromatic heterocycles. The number of amides is 1. The fourth-order valence-corrected chi connectivity index (χ4v) is 2.67. The molecule has 0 N–H and O–H groups in total. The maximum Gasteiger partial charge on any atom is 0.411 e. The van der Waals surface area contributed by atoms with Gasteiger partial charge in [0.1, 0.15) is 11.8 Å². The van der Waals surface area contributed by atoms with E-state index in [9.17, 15) is 14.0 Å². The topological polar surface area (TPSA) is 65.1 Å². The van der Waals surface area contributed by atoms with Crippen LogP contribution in [0.1, 0.15) is 20.8 Å². The van der Waals surface area contributed by atoms with E-state index in [-0.39, 0.29) is 13.2 Å². The van der Waals surface area contributed by atoms with E-state index in [1.54, 1.807) is 20.8 Å². The van der Waals surface area contributed by atoms with Crippen LogP contribution in [0.3, 0.4) is 0 Å². The summed E-state index contributed by atoms with van der Waals surface area (Å²) in [7, 11) is 1.17. The zero-order chi connectivity index (χ0) is 15.1. The summed E-state index contributed by atoms with van der Waals surface area (Å²) >= 11 is 0. The quantitative estimate of drug-likeness (QED) is 0.677. The zero-order valence-corrected chi connectivity index (χ0v) is 12.1. The Labute approximate surface area is 117 Å². The van der Waals surface area contributed by atoms with Gasteiger partial charge in [0.25, 0.3) is 0 Å². The minimum absolute atomic E-state index is 0.193. The number of ether oxygens (including phenoxy) is 3. The number of hydrogen-bond acceptors (Lipinski definition) is 5. The molecule has 0 aromatic rings. The summed E-state index contributed by atoms with van der Waals surface area (Å²) in [5.41, 5.74) is -0.721.